The van der Waals surface area contributed by atoms with Crippen LogP contribution in [0.1, 0.15) is 119 Å². The van der Waals surface area contributed by atoms with E-state index in [2.05, 4.69) is 41.2 Å². The number of fused-ring (bicyclic) bond motifs is 7. The van der Waals surface area contributed by atoms with Gasteiger partial charge in [0.25, 0.3) is 0 Å². The molecule has 3 nitrogen and oxygen atoms in total. The normalized spacial score (nSPS) is 48.9. The molecule has 5 aliphatic carbocycles. The lowest BCUT2D eigenvalue weighted by Gasteiger charge is -2.72. The summed E-state index contributed by atoms with van der Waals surface area (Å²) in [6, 6.07) is 0. The molecule has 5 aliphatic rings. The Kier molecular flexibility index (Phi) is 6.26. The van der Waals surface area contributed by atoms with Gasteiger partial charge in [-0.05, 0) is 112 Å². The topological polar surface area (TPSA) is 54.4 Å². The summed E-state index contributed by atoms with van der Waals surface area (Å²) >= 11 is 0. The molecule has 0 spiro atoms. The molecule has 0 aromatic carbocycles. The highest BCUT2D eigenvalue weighted by Crippen LogP contribution is 2.76. The number of ketones is 1. The first kappa shape index (κ1) is 26.0. The lowest BCUT2D eigenvalue weighted by molar-refractivity contribution is -0.232. The molecule has 5 rings (SSSR count). The molecular weight excluding hydrogens is 420 g/mol. The number of Topliss-reactive ketones (excluding diaryl/α,β-unsaturated/α-hetero) is 1. The zero-order valence-electron chi connectivity index (χ0n) is 23.1. The van der Waals surface area contributed by atoms with Crippen molar-refractivity contribution in [3.05, 3.63) is 12.2 Å². The average molecular weight is 471 g/mol. The summed E-state index contributed by atoms with van der Waals surface area (Å²) in [4.78, 5) is 25.2. The Morgan fingerprint density at radius 3 is 2.09 bits per heavy atom. The summed E-state index contributed by atoms with van der Waals surface area (Å²) in [6.07, 6.45) is 11.7. The number of carboxylic acid groups (broad SMARTS) is 1. The van der Waals surface area contributed by atoms with Gasteiger partial charge in [-0.2, -0.15) is 0 Å². The number of hydrogen-bond acceptors (Lipinski definition) is 2. The maximum atomic E-state index is 12.8. The molecule has 0 aromatic rings. The third kappa shape index (κ3) is 3.34. The van der Waals surface area contributed by atoms with Crippen molar-refractivity contribution in [3.63, 3.8) is 0 Å². The number of rotatable bonds is 1. The summed E-state index contributed by atoms with van der Waals surface area (Å²) in [7, 11) is 0. The van der Waals surface area contributed by atoms with E-state index in [1.54, 1.807) is 0 Å². The fourth-order valence-corrected chi connectivity index (χ4v) is 10.7. The number of allylic oxidation sites excluding steroid dienone is 1. The quantitative estimate of drug-likeness (QED) is 0.394. The van der Waals surface area contributed by atoms with Crippen LogP contribution in [0.3, 0.4) is 0 Å². The molecule has 3 heteroatoms. The summed E-state index contributed by atoms with van der Waals surface area (Å²) in [6.45, 7) is 19.6. The summed E-state index contributed by atoms with van der Waals surface area (Å²) in [5, 5.41) is 10.2. The number of carbonyl (C=O) groups is 2. The Balaban J connectivity index is 0.000000636. The van der Waals surface area contributed by atoms with Gasteiger partial charge in [-0.3, -0.25) is 9.59 Å². The molecule has 1 N–H and O–H groups in total. The van der Waals surface area contributed by atoms with Crippen molar-refractivity contribution in [1.82, 2.24) is 0 Å². The number of hydrogen-bond donors (Lipinski definition) is 1. The first-order valence-electron chi connectivity index (χ1n) is 14.1. The van der Waals surface area contributed by atoms with Crippen molar-refractivity contribution in [3.8, 4) is 0 Å². The van der Waals surface area contributed by atoms with Gasteiger partial charge in [0.15, 0.2) is 0 Å². The van der Waals surface area contributed by atoms with Crippen molar-refractivity contribution in [2.75, 3.05) is 0 Å². The van der Waals surface area contributed by atoms with Gasteiger partial charge in [-0.25, -0.2) is 0 Å². The van der Waals surface area contributed by atoms with Crippen LogP contribution in [0.15, 0.2) is 12.2 Å². The predicted molar refractivity (Wildman–Crippen MR) is 138 cm³/mol. The van der Waals surface area contributed by atoms with Gasteiger partial charge >= 0.3 is 5.97 Å². The number of aliphatic carboxylic acids is 1. The van der Waals surface area contributed by atoms with Crippen LogP contribution >= 0.6 is 0 Å². The van der Waals surface area contributed by atoms with E-state index in [9.17, 15) is 14.7 Å². The molecule has 0 heterocycles. The molecule has 0 aliphatic heterocycles. The minimum atomic E-state index is -0.512. The minimum Gasteiger partial charge on any atom is -0.481 e. The Hall–Kier alpha value is -1.12. The van der Waals surface area contributed by atoms with E-state index in [0.717, 1.165) is 44.9 Å². The molecule has 5 fully saturated rings. The Labute approximate surface area is 208 Å². The first-order valence-corrected chi connectivity index (χ1v) is 14.1. The monoisotopic (exact) mass is 470 g/mol. The van der Waals surface area contributed by atoms with Gasteiger partial charge in [0.05, 0.1) is 5.41 Å². The van der Waals surface area contributed by atoms with Gasteiger partial charge in [0.2, 0.25) is 0 Å². The molecule has 0 saturated heterocycles. The van der Waals surface area contributed by atoms with Crippen molar-refractivity contribution in [2.45, 2.75) is 119 Å². The zero-order chi connectivity index (χ0) is 25.3. The average Bonchev–Trinajstić information content (AvgIpc) is 3.17. The lowest BCUT2D eigenvalue weighted by atomic mass is 9.32. The second-order valence-corrected chi connectivity index (χ2v) is 14.5. The van der Waals surface area contributed by atoms with Gasteiger partial charge in [0, 0.05) is 11.8 Å². The second-order valence-electron chi connectivity index (χ2n) is 14.5. The third-order valence-electron chi connectivity index (χ3n) is 12.5. The third-order valence-corrected chi connectivity index (χ3v) is 12.5. The van der Waals surface area contributed by atoms with Gasteiger partial charge in [-0.15, -0.1) is 6.58 Å². The highest BCUT2D eigenvalue weighted by Gasteiger charge is 2.70. The van der Waals surface area contributed by atoms with Crippen LogP contribution in [-0.4, -0.2) is 16.9 Å². The highest BCUT2D eigenvalue weighted by molar-refractivity contribution is 5.85. The van der Waals surface area contributed by atoms with Crippen molar-refractivity contribution in [2.24, 2.45) is 50.7 Å². The van der Waals surface area contributed by atoms with Gasteiger partial charge in [0.1, 0.15) is 5.78 Å². The van der Waals surface area contributed by atoms with Crippen molar-refractivity contribution < 1.29 is 14.7 Å². The molecule has 5 saturated carbocycles. The highest BCUT2D eigenvalue weighted by atomic mass is 16.4. The molecule has 0 aromatic heterocycles. The zero-order valence-corrected chi connectivity index (χ0v) is 23.1. The van der Waals surface area contributed by atoms with Crippen molar-refractivity contribution >= 4 is 11.8 Å². The molecule has 0 amide bonds. The maximum Gasteiger partial charge on any atom is 0.309 e. The van der Waals surface area contributed by atoms with Gasteiger partial charge in [-0.1, -0.05) is 46.6 Å². The summed E-state index contributed by atoms with van der Waals surface area (Å²) in [5.41, 5.74) is 1.29. The number of carbonyl (C=O) groups excluding carboxylic acids is 1. The largest absolute Gasteiger partial charge is 0.481 e. The van der Waals surface area contributed by atoms with E-state index < -0.39 is 11.4 Å². The van der Waals surface area contributed by atoms with Crippen molar-refractivity contribution in [1.29, 1.82) is 0 Å². The molecule has 34 heavy (non-hydrogen) atoms. The fraction of sp³-hybridized carbons (Fsp3) is 0.871. The van der Waals surface area contributed by atoms with E-state index >= 15 is 0 Å². The molecule has 8 atom stereocenters. The number of carboxylic acids is 1. The smallest absolute Gasteiger partial charge is 0.309 e. The van der Waals surface area contributed by atoms with E-state index in [1.165, 1.54) is 31.3 Å². The molecule has 192 valence electrons. The summed E-state index contributed by atoms with van der Waals surface area (Å²) in [5.74, 6) is 2.06. The van der Waals surface area contributed by atoms with Crippen LogP contribution in [-0.2, 0) is 9.59 Å². The first-order chi connectivity index (χ1) is 15.7. The van der Waals surface area contributed by atoms with E-state index in [0.29, 0.717) is 29.5 Å². The van der Waals surface area contributed by atoms with Crippen LogP contribution in [0, 0.1) is 50.7 Å². The Bertz CT molecular complexity index is 868. The van der Waals surface area contributed by atoms with Crippen LogP contribution in [0.4, 0.5) is 0 Å². The minimum absolute atomic E-state index is 0.192. The molecule has 0 radical (unpaired) electrons. The fourth-order valence-electron chi connectivity index (χ4n) is 10.7. The van der Waals surface area contributed by atoms with E-state index in [4.69, 9.17) is 0 Å². The van der Waals surface area contributed by atoms with Gasteiger partial charge < -0.3 is 5.11 Å². The van der Waals surface area contributed by atoms with E-state index in [1.807, 2.05) is 13.8 Å². The maximum absolute atomic E-state index is 12.8. The van der Waals surface area contributed by atoms with Crippen LogP contribution in [0.25, 0.3) is 0 Å². The second kappa shape index (κ2) is 8.20. The standard InChI is InChI=1S/C27H42O3.C4H8/c1-23(2)19-10-14-26(5)20(24(19,3)13-11-21(23)28)9-8-17-18-7-6-12-27(18,22(29)30)16-15-25(17,26)4;1-4(2)3/h17-20H,6-16H2,1-5H3,(H,29,30);1H2,2-3H3/t17?,18?,19?,20-,24+,25-,26-,27+;/m1./s1. The van der Waals surface area contributed by atoms with Crippen LogP contribution < -0.4 is 0 Å². The Morgan fingerprint density at radius 1 is 0.824 bits per heavy atom. The molecule has 3 unspecified atom stereocenters. The predicted octanol–water partition coefficient (Wildman–Crippen LogP) is 8.08. The van der Waals surface area contributed by atoms with Crippen LogP contribution in [0.5, 0.6) is 0 Å². The summed E-state index contributed by atoms with van der Waals surface area (Å²) < 4.78 is 0. The van der Waals surface area contributed by atoms with Crippen LogP contribution in [0.2, 0.25) is 0 Å². The van der Waals surface area contributed by atoms with E-state index in [-0.39, 0.29) is 21.7 Å². The Morgan fingerprint density at radius 2 is 1.47 bits per heavy atom. The SMILES string of the molecule is C=C(C)C.CC1(C)C(=O)CC[C@@]2(C)C1CC[C@]1(C)[C@@H]2CCC2C3CCC[C@]3(C(=O)O)CC[C@]21C. The molecule has 0 bridgehead atoms. The lowest BCUT2D eigenvalue weighted by Crippen LogP contribution is -2.66. The molecular formula is C31H50O3.